The number of nitrogens with two attached hydrogens (primary N) is 1. The molecule has 104 valence electrons. The van der Waals surface area contributed by atoms with Gasteiger partial charge >= 0.3 is 0 Å². The molecule has 1 amide bonds. The number of carbonyl (C=O) groups excluding carboxylic acids is 1. The molecule has 4 heteroatoms. The van der Waals surface area contributed by atoms with Crippen molar-refractivity contribution < 1.29 is 9.53 Å². The van der Waals surface area contributed by atoms with Crippen molar-refractivity contribution in [2.24, 2.45) is 5.73 Å². The fourth-order valence-electron chi connectivity index (χ4n) is 2.87. The number of rotatable bonds is 4. The standard InChI is InChI=1S/C15H22N2O2/c1-19-13-7-5-12(6-8-13)15(17-14(18)11-16)9-3-2-4-10-15/h5-8H,2-4,9-11,16H2,1H3,(H,17,18). The fourth-order valence-corrected chi connectivity index (χ4v) is 2.87. The maximum Gasteiger partial charge on any atom is 0.234 e. The van der Waals surface area contributed by atoms with Gasteiger partial charge in [0.1, 0.15) is 5.75 Å². The van der Waals surface area contributed by atoms with Crippen molar-refractivity contribution in [1.82, 2.24) is 5.32 Å². The normalized spacial score (nSPS) is 17.8. The van der Waals surface area contributed by atoms with E-state index in [9.17, 15) is 4.79 Å². The summed E-state index contributed by atoms with van der Waals surface area (Å²) in [6.07, 6.45) is 5.46. The Morgan fingerprint density at radius 1 is 1.26 bits per heavy atom. The van der Waals surface area contributed by atoms with Crippen molar-refractivity contribution in [2.75, 3.05) is 13.7 Å². The van der Waals surface area contributed by atoms with Crippen LogP contribution in [0.25, 0.3) is 0 Å². The van der Waals surface area contributed by atoms with Crippen LogP contribution in [0, 0.1) is 0 Å². The van der Waals surface area contributed by atoms with Crippen LogP contribution in [-0.4, -0.2) is 19.6 Å². The summed E-state index contributed by atoms with van der Waals surface area (Å²) in [7, 11) is 1.65. The maximum atomic E-state index is 11.7. The largest absolute Gasteiger partial charge is 0.497 e. The highest BCUT2D eigenvalue weighted by Crippen LogP contribution is 2.37. The second-order valence-electron chi connectivity index (χ2n) is 5.12. The summed E-state index contributed by atoms with van der Waals surface area (Å²) < 4.78 is 5.18. The molecule has 0 heterocycles. The first-order chi connectivity index (χ1) is 9.20. The van der Waals surface area contributed by atoms with E-state index in [1.807, 2.05) is 24.3 Å². The molecule has 19 heavy (non-hydrogen) atoms. The number of amides is 1. The third kappa shape index (κ3) is 3.07. The second-order valence-corrected chi connectivity index (χ2v) is 5.12. The molecule has 0 bridgehead atoms. The summed E-state index contributed by atoms with van der Waals surface area (Å²) in [6, 6.07) is 7.97. The van der Waals surface area contributed by atoms with Crippen LogP contribution in [-0.2, 0) is 10.3 Å². The Bertz CT molecular complexity index is 422. The highest BCUT2D eigenvalue weighted by molar-refractivity contribution is 5.78. The lowest BCUT2D eigenvalue weighted by Gasteiger charge is -2.38. The van der Waals surface area contributed by atoms with E-state index < -0.39 is 0 Å². The summed E-state index contributed by atoms with van der Waals surface area (Å²) in [5.74, 6) is 0.748. The van der Waals surface area contributed by atoms with Gasteiger partial charge in [-0.15, -0.1) is 0 Å². The highest BCUT2D eigenvalue weighted by Gasteiger charge is 2.34. The van der Waals surface area contributed by atoms with Crippen LogP contribution >= 0.6 is 0 Å². The average molecular weight is 262 g/mol. The zero-order chi connectivity index (χ0) is 13.7. The van der Waals surface area contributed by atoms with E-state index >= 15 is 0 Å². The lowest BCUT2D eigenvalue weighted by molar-refractivity contribution is -0.122. The molecule has 3 N–H and O–H groups in total. The Balaban J connectivity index is 2.27. The van der Waals surface area contributed by atoms with E-state index in [-0.39, 0.29) is 18.0 Å². The van der Waals surface area contributed by atoms with Crippen LogP contribution in [0.5, 0.6) is 5.75 Å². The molecule has 1 saturated carbocycles. The van der Waals surface area contributed by atoms with E-state index in [0.29, 0.717) is 0 Å². The molecular formula is C15H22N2O2. The molecular weight excluding hydrogens is 240 g/mol. The molecule has 2 rings (SSSR count). The van der Waals surface area contributed by atoms with Gasteiger partial charge in [0.15, 0.2) is 0 Å². The van der Waals surface area contributed by atoms with E-state index in [4.69, 9.17) is 10.5 Å². The number of ether oxygens (including phenoxy) is 1. The summed E-state index contributed by atoms with van der Waals surface area (Å²) >= 11 is 0. The van der Waals surface area contributed by atoms with E-state index in [2.05, 4.69) is 5.32 Å². The minimum atomic E-state index is -0.249. The second kappa shape index (κ2) is 6.06. The van der Waals surface area contributed by atoms with Gasteiger partial charge < -0.3 is 15.8 Å². The summed E-state index contributed by atoms with van der Waals surface area (Å²) in [4.78, 5) is 11.7. The molecule has 0 unspecified atom stereocenters. The molecule has 1 fully saturated rings. The number of benzene rings is 1. The SMILES string of the molecule is COc1ccc(C2(NC(=O)CN)CCCCC2)cc1. The predicted octanol–water partition coefficient (Wildman–Crippen LogP) is 1.93. The monoisotopic (exact) mass is 262 g/mol. The summed E-state index contributed by atoms with van der Waals surface area (Å²) in [5, 5.41) is 3.13. The van der Waals surface area contributed by atoms with Gasteiger partial charge in [0.2, 0.25) is 5.91 Å². The third-order valence-corrected chi connectivity index (χ3v) is 3.91. The molecule has 0 aliphatic heterocycles. The zero-order valence-electron chi connectivity index (χ0n) is 11.4. The zero-order valence-corrected chi connectivity index (χ0v) is 11.4. The molecule has 0 radical (unpaired) electrons. The Morgan fingerprint density at radius 3 is 2.42 bits per heavy atom. The molecule has 4 nitrogen and oxygen atoms in total. The fraction of sp³-hybridized carbons (Fsp3) is 0.533. The summed E-state index contributed by atoms with van der Waals surface area (Å²) in [6.45, 7) is 0.0396. The summed E-state index contributed by atoms with van der Waals surface area (Å²) in [5.41, 5.74) is 6.34. The van der Waals surface area contributed by atoms with Gasteiger partial charge in [0.05, 0.1) is 19.2 Å². The van der Waals surface area contributed by atoms with Crippen molar-refractivity contribution >= 4 is 5.91 Å². The number of carbonyl (C=O) groups is 1. The Morgan fingerprint density at radius 2 is 1.89 bits per heavy atom. The van der Waals surface area contributed by atoms with Crippen molar-refractivity contribution in [1.29, 1.82) is 0 Å². The first kappa shape index (κ1) is 13.9. The first-order valence-electron chi connectivity index (χ1n) is 6.86. The van der Waals surface area contributed by atoms with Crippen molar-refractivity contribution in [3.63, 3.8) is 0 Å². The number of hydrogen-bond donors (Lipinski definition) is 2. The van der Waals surface area contributed by atoms with Crippen LogP contribution in [0.15, 0.2) is 24.3 Å². The smallest absolute Gasteiger partial charge is 0.234 e. The minimum absolute atomic E-state index is 0.0396. The van der Waals surface area contributed by atoms with Crippen LogP contribution < -0.4 is 15.8 Å². The van der Waals surface area contributed by atoms with Gasteiger partial charge in [-0.1, -0.05) is 31.4 Å². The topological polar surface area (TPSA) is 64.3 Å². The van der Waals surface area contributed by atoms with E-state index in [0.717, 1.165) is 37.0 Å². The maximum absolute atomic E-state index is 11.7. The molecule has 1 aliphatic rings. The Kier molecular flexibility index (Phi) is 4.43. The van der Waals surface area contributed by atoms with Crippen molar-refractivity contribution in [2.45, 2.75) is 37.6 Å². The first-order valence-corrected chi connectivity index (χ1v) is 6.86. The van der Waals surface area contributed by atoms with E-state index in [1.54, 1.807) is 7.11 Å². The van der Waals surface area contributed by atoms with Crippen LogP contribution in [0.2, 0.25) is 0 Å². The highest BCUT2D eigenvalue weighted by atomic mass is 16.5. The van der Waals surface area contributed by atoms with Crippen LogP contribution in [0.1, 0.15) is 37.7 Å². The van der Waals surface area contributed by atoms with Crippen LogP contribution in [0.3, 0.4) is 0 Å². The molecule has 0 atom stereocenters. The molecule has 1 aromatic carbocycles. The lowest BCUT2D eigenvalue weighted by atomic mass is 9.76. The van der Waals surface area contributed by atoms with E-state index in [1.165, 1.54) is 6.42 Å². The molecule has 0 saturated heterocycles. The van der Waals surface area contributed by atoms with Gasteiger partial charge in [-0.2, -0.15) is 0 Å². The Hall–Kier alpha value is -1.55. The number of hydrogen-bond acceptors (Lipinski definition) is 3. The van der Waals surface area contributed by atoms with Gasteiger partial charge in [0.25, 0.3) is 0 Å². The predicted molar refractivity (Wildman–Crippen MR) is 75.0 cm³/mol. The average Bonchev–Trinajstić information content (AvgIpc) is 2.48. The molecule has 1 aromatic rings. The van der Waals surface area contributed by atoms with Gasteiger partial charge in [0, 0.05) is 0 Å². The lowest BCUT2D eigenvalue weighted by Crippen LogP contribution is -2.49. The van der Waals surface area contributed by atoms with Crippen LogP contribution in [0.4, 0.5) is 0 Å². The van der Waals surface area contributed by atoms with Gasteiger partial charge in [-0.3, -0.25) is 4.79 Å². The number of nitrogens with one attached hydrogen (secondary N) is 1. The van der Waals surface area contributed by atoms with Gasteiger partial charge in [-0.05, 0) is 30.5 Å². The quantitative estimate of drug-likeness (QED) is 0.871. The Labute approximate surface area is 114 Å². The van der Waals surface area contributed by atoms with Gasteiger partial charge in [-0.25, -0.2) is 0 Å². The molecule has 1 aliphatic carbocycles. The molecule has 0 spiro atoms. The molecule has 0 aromatic heterocycles. The third-order valence-electron chi connectivity index (χ3n) is 3.91. The number of methoxy groups -OCH3 is 1. The van der Waals surface area contributed by atoms with Crippen molar-refractivity contribution in [3.05, 3.63) is 29.8 Å². The van der Waals surface area contributed by atoms with Crippen molar-refractivity contribution in [3.8, 4) is 5.75 Å². The minimum Gasteiger partial charge on any atom is -0.497 e.